The van der Waals surface area contributed by atoms with Crippen LogP contribution >= 0.6 is 0 Å². The molecule has 2 heterocycles. The third kappa shape index (κ3) is 2.76. The van der Waals surface area contributed by atoms with Crippen molar-refractivity contribution >= 4 is 17.4 Å². The van der Waals surface area contributed by atoms with Crippen LogP contribution in [0.25, 0.3) is 0 Å². The molecule has 1 N–H and O–H groups in total. The van der Waals surface area contributed by atoms with Gasteiger partial charge in [0.05, 0.1) is 4.92 Å². The maximum Gasteiger partial charge on any atom is 0.307 e. The molecule has 0 radical (unpaired) electrons. The minimum absolute atomic E-state index is 0.155. The molecular weight excluding hydrogens is 252 g/mol. The van der Waals surface area contributed by atoms with E-state index in [1.54, 1.807) is 30.9 Å². The Labute approximate surface area is 108 Å². The lowest BCUT2D eigenvalue weighted by Gasteiger charge is -2.10. The number of anilines is 1. The van der Waals surface area contributed by atoms with E-state index in [0.29, 0.717) is 5.82 Å². The van der Waals surface area contributed by atoms with Gasteiger partial charge in [-0.2, -0.15) is 10.2 Å². The molecule has 19 heavy (non-hydrogen) atoms. The van der Waals surface area contributed by atoms with Crippen molar-refractivity contribution < 1.29 is 9.72 Å². The zero-order valence-electron chi connectivity index (χ0n) is 10.3. The summed E-state index contributed by atoms with van der Waals surface area (Å²) in [5.41, 5.74) is -0.155. The molecule has 1 atom stereocenters. The van der Waals surface area contributed by atoms with Gasteiger partial charge in [0, 0.05) is 19.3 Å². The van der Waals surface area contributed by atoms with Gasteiger partial charge in [0.1, 0.15) is 18.4 Å². The number of nitro groups is 1. The van der Waals surface area contributed by atoms with Gasteiger partial charge in [-0.1, -0.05) is 0 Å². The number of aryl methyl sites for hydroxylation is 1. The average Bonchev–Trinajstić information content (AvgIpc) is 2.97. The third-order valence-corrected chi connectivity index (χ3v) is 2.54. The van der Waals surface area contributed by atoms with Gasteiger partial charge in [-0.15, -0.1) is 0 Å². The normalized spacial score (nSPS) is 12.1. The van der Waals surface area contributed by atoms with Crippen LogP contribution in [-0.4, -0.2) is 30.4 Å². The van der Waals surface area contributed by atoms with Gasteiger partial charge in [0.2, 0.25) is 5.91 Å². The fraction of sp³-hybridized carbons (Fsp3) is 0.300. The fourth-order valence-electron chi connectivity index (χ4n) is 1.47. The van der Waals surface area contributed by atoms with Crippen molar-refractivity contribution in [2.75, 3.05) is 5.32 Å². The van der Waals surface area contributed by atoms with Crippen molar-refractivity contribution in [2.45, 2.75) is 13.0 Å². The number of carbonyl (C=O) groups excluding carboxylic acids is 1. The van der Waals surface area contributed by atoms with Crippen LogP contribution in [0.5, 0.6) is 0 Å². The highest BCUT2D eigenvalue weighted by atomic mass is 16.6. The number of nitrogens with zero attached hydrogens (tertiary/aromatic N) is 5. The van der Waals surface area contributed by atoms with E-state index in [1.807, 2.05) is 0 Å². The Bertz CT molecular complexity index is 616. The number of nitrogens with one attached hydrogen (secondary N) is 1. The van der Waals surface area contributed by atoms with Gasteiger partial charge in [-0.05, 0) is 6.92 Å². The fourth-order valence-corrected chi connectivity index (χ4v) is 1.47. The Morgan fingerprint density at radius 1 is 1.58 bits per heavy atom. The summed E-state index contributed by atoms with van der Waals surface area (Å²) in [6, 6.07) is 0.978. The second kappa shape index (κ2) is 4.88. The van der Waals surface area contributed by atoms with Crippen LogP contribution in [0.2, 0.25) is 0 Å². The first-order valence-corrected chi connectivity index (χ1v) is 5.46. The molecule has 0 fully saturated rings. The largest absolute Gasteiger partial charge is 0.307 e. The lowest BCUT2D eigenvalue weighted by molar-refractivity contribution is -0.385. The van der Waals surface area contributed by atoms with E-state index in [9.17, 15) is 14.9 Å². The minimum atomic E-state index is -0.671. The van der Waals surface area contributed by atoms with Gasteiger partial charge in [-0.25, -0.2) is 0 Å². The van der Waals surface area contributed by atoms with Gasteiger partial charge < -0.3 is 5.32 Å². The number of rotatable bonds is 4. The molecule has 2 aromatic heterocycles. The van der Waals surface area contributed by atoms with Crippen LogP contribution in [0.1, 0.15) is 13.0 Å². The number of aromatic nitrogens is 4. The SMILES string of the molecule is CC(C(=O)Nc1ccn(C)n1)n1cc([N+](=O)[O-])cn1. The molecule has 0 aromatic carbocycles. The van der Waals surface area contributed by atoms with E-state index in [2.05, 4.69) is 15.5 Å². The molecular formula is C10H12N6O3. The lowest BCUT2D eigenvalue weighted by atomic mass is 10.3. The summed E-state index contributed by atoms with van der Waals surface area (Å²) in [6.45, 7) is 1.59. The van der Waals surface area contributed by atoms with Crippen molar-refractivity contribution in [3.63, 3.8) is 0 Å². The minimum Gasteiger partial charge on any atom is -0.307 e. The Morgan fingerprint density at radius 3 is 2.84 bits per heavy atom. The van der Waals surface area contributed by atoms with Gasteiger partial charge in [0.15, 0.2) is 5.82 Å². The molecule has 9 nitrogen and oxygen atoms in total. The summed E-state index contributed by atoms with van der Waals surface area (Å²) < 4.78 is 2.79. The summed E-state index contributed by atoms with van der Waals surface area (Å²) in [7, 11) is 1.73. The summed E-state index contributed by atoms with van der Waals surface area (Å²) in [6.07, 6.45) is 4.01. The maximum absolute atomic E-state index is 11.9. The smallest absolute Gasteiger partial charge is 0.307 e. The zero-order valence-corrected chi connectivity index (χ0v) is 10.3. The Balaban J connectivity index is 2.07. The Hall–Kier alpha value is -2.71. The standard InChI is InChI=1S/C10H12N6O3/c1-7(15-6-8(5-11-15)16(18)19)10(17)12-9-3-4-14(2)13-9/h3-7H,1-2H3,(H,12,13,17). The molecule has 0 aliphatic carbocycles. The number of amides is 1. The molecule has 2 aromatic rings. The van der Waals surface area contributed by atoms with Crippen LogP contribution in [0.4, 0.5) is 11.5 Å². The first kappa shape index (κ1) is 12.7. The number of hydrogen-bond acceptors (Lipinski definition) is 5. The van der Waals surface area contributed by atoms with Crippen LogP contribution in [0, 0.1) is 10.1 Å². The molecule has 0 saturated carbocycles. The first-order valence-electron chi connectivity index (χ1n) is 5.46. The van der Waals surface area contributed by atoms with Gasteiger partial charge in [-0.3, -0.25) is 24.3 Å². The van der Waals surface area contributed by atoms with Crippen LogP contribution < -0.4 is 5.32 Å². The zero-order chi connectivity index (χ0) is 14.0. The third-order valence-electron chi connectivity index (χ3n) is 2.54. The predicted octanol–water partition coefficient (Wildman–Crippen LogP) is 0.724. The van der Waals surface area contributed by atoms with Crippen molar-refractivity contribution in [2.24, 2.45) is 7.05 Å². The van der Waals surface area contributed by atoms with E-state index in [4.69, 9.17) is 0 Å². The molecule has 100 valence electrons. The molecule has 1 unspecified atom stereocenters. The second-order valence-corrected chi connectivity index (χ2v) is 3.98. The highest BCUT2D eigenvalue weighted by molar-refractivity contribution is 5.92. The maximum atomic E-state index is 11.9. The van der Waals surface area contributed by atoms with Crippen LogP contribution in [-0.2, 0) is 11.8 Å². The highest BCUT2D eigenvalue weighted by Gasteiger charge is 2.19. The summed E-state index contributed by atoms with van der Waals surface area (Å²) in [4.78, 5) is 21.9. The van der Waals surface area contributed by atoms with Crippen LogP contribution in [0.15, 0.2) is 24.7 Å². The molecule has 2 rings (SSSR count). The topological polar surface area (TPSA) is 108 Å². The van der Waals surface area contributed by atoms with Gasteiger partial charge >= 0.3 is 5.69 Å². The Morgan fingerprint density at radius 2 is 2.32 bits per heavy atom. The Kier molecular flexibility index (Phi) is 3.27. The molecule has 0 aliphatic rings. The predicted molar refractivity (Wildman–Crippen MR) is 65.4 cm³/mol. The van der Waals surface area contributed by atoms with Crippen molar-refractivity contribution in [3.05, 3.63) is 34.8 Å². The molecule has 0 bridgehead atoms. The number of carbonyl (C=O) groups is 1. The summed E-state index contributed by atoms with van der Waals surface area (Å²) in [5.74, 6) is 0.0673. The van der Waals surface area contributed by atoms with Crippen LogP contribution in [0.3, 0.4) is 0 Å². The average molecular weight is 264 g/mol. The van der Waals surface area contributed by atoms with Crippen molar-refractivity contribution in [3.8, 4) is 0 Å². The molecule has 0 spiro atoms. The number of hydrogen-bond donors (Lipinski definition) is 1. The van der Waals surface area contributed by atoms with Gasteiger partial charge in [0.25, 0.3) is 0 Å². The lowest BCUT2D eigenvalue weighted by Crippen LogP contribution is -2.24. The monoisotopic (exact) mass is 264 g/mol. The van der Waals surface area contributed by atoms with Crippen molar-refractivity contribution in [1.82, 2.24) is 19.6 Å². The van der Waals surface area contributed by atoms with Crippen molar-refractivity contribution in [1.29, 1.82) is 0 Å². The second-order valence-electron chi connectivity index (χ2n) is 3.98. The van der Waals surface area contributed by atoms with E-state index < -0.39 is 11.0 Å². The van der Waals surface area contributed by atoms with E-state index in [-0.39, 0.29) is 11.6 Å². The molecule has 9 heteroatoms. The highest BCUT2D eigenvalue weighted by Crippen LogP contribution is 2.14. The quantitative estimate of drug-likeness (QED) is 0.646. The first-order chi connectivity index (χ1) is 8.97. The summed E-state index contributed by atoms with van der Waals surface area (Å²) in [5, 5.41) is 20.9. The molecule has 0 saturated heterocycles. The summed E-state index contributed by atoms with van der Waals surface area (Å²) >= 11 is 0. The molecule has 1 amide bonds. The van der Waals surface area contributed by atoms with E-state index in [0.717, 1.165) is 6.20 Å². The molecule has 0 aliphatic heterocycles. The van der Waals surface area contributed by atoms with E-state index in [1.165, 1.54) is 10.9 Å². The van der Waals surface area contributed by atoms with E-state index >= 15 is 0 Å².